The Kier molecular flexibility index (Phi) is 7.16. The zero-order chi connectivity index (χ0) is 19.9. The maximum atomic E-state index is 12.1. The minimum absolute atomic E-state index is 0.0900. The van der Waals surface area contributed by atoms with Crippen LogP contribution in [0.4, 0.5) is 0 Å². The van der Waals surface area contributed by atoms with Crippen molar-refractivity contribution in [3.05, 3.63) is 58.7 Å². The summed E-state index contributed by atoms with van der Waals surface area (Å²) in [5, 5.41) is 12.0. The number of hydrogen-bond acceptors (Lipinski definition) is 6. The molecule has 1 amide bonds. The summed E-state index contributed by atoms with van der Waals surface area (Å²) in [5.74, 6) is 2.36. The average Bonchev–Trinajstić information content (AvgIpc) is 3.35. The first kappa shape index (κ1) is 20.5. The molecule has 28 heavy (non-hydrogen) atoms. The molecule has 7 nitrogen and oxygen atoms in total. The van der Waals surface area contributed by atoms with Crippen molar-refractivity contribution in [1.82, 2.24) is 20.1 Å². The molecule has 0 saturated heterocycles. The Bertz CT molecular complexity index is 897. The summed E-state index contributed by atoms with van der Waals surface area (Å²) >= 11 is 4.76. The van der Waals surface area contributed by atoms with E-state index in [0.29, 0.717) is 18.2 Å². The minimum atomic E-state index is -0.268. The molecule has 0 fully saturated rings. The lowest BCUT2D eigenvalue weighted by Crippen LogP contribution is -2.24. The van der Waals surface area contributed by atoms with E-state index in [1.165, 1.54) is 11.8 Å². The van der Waals surface area contributed by atoms with Gasteiger partial charge in [0, 0.05) is 11.0 Å². The lowest BCUT2D eigenvalue weighted by atomic mass is 10.3. The zero-order valence-electron chi connectivity index (χ0n) is 15.6. The van der Waals surface area contributed by atoms with Crippen LogP contribution in [-0.2, 0) is 17.9 Å². The number of aromatic nitrogens is 3. The summed E-state index contributed by atoms with van der Waals surface area (Å²) in [6, 6.07) is 11.3. The standard InChI is InChI=1S/C19H21BrN4O3S/c1-3-24-18(13(2)27-15-8-6-14(20)7-9-15)22-23-19(24)28-12-17(25)21-11-16-5-4-10-26-16/h4-10,13H,3,11-12H2,1-2H3,(H,21,25). The highest BCUT2D eigenvalue weighted by molar-refractivity contribution is 9.10. The molecule has 1 aromatic carbocycles. The van der Waals surface area contributed by atoms with Gasteiger partial charge < -0.3 is 19.0 Å². The number of nitrogens with one attached hydrogen (secondary N) is 1. The van der Waals surface area contributed by atoms with Gasteiger partial charge >= 0.3 is 0 Å². The minimum Gasteiger partial charge on any atom is -0.483 e. The number of ether oxygens (including phenoxy) is 1. The van der Waals surface area contributed by atoms with Gasteiger partial charge in [0.1, 0.15) is 11.5 Å². The molecule has 1 atom stereocenters. The van der Waals surface area contributed by atoms with Gasteiger partial charge in [-0.2, -0.15) is 0 Å². The zero-order valence-corrected chi connectivity index (χ0v) is 18.0. The molecule has 2 heterocycles. The van der Waals surface area contributed by atoms with Crippen molar-refractivity contribution in [2.45, 2.75) is 38.2 Å². The third-order valence-electron chi connectivity index (χ3n) is 3.92. The fraction of sp³-hybridized carbons (Fsp3) is 0.316. The van der Waals surface area contributed by atoms with Gasteiger partial charge in [-0.25, -0.2) is 0 Å². The van der Waals surface area contributed by atoms with Crippen LogP contribution >= 0.6 is 27.7 Å². The second-order valence-electron chi connectivity index (χ2n) is 5.94. The molecule has 148 valence electrons. The predicted molar refractivity (Wildman–Crippen MR) is 110 cm³/mol. The number of furan rings is 1. The highest BCUT2D eigenvalue weighted by Crippen LogP contribution is 2.25. The fourth-order valence-corrected chi connectivity index (χ4v) is 3.66. The maximum absolute atomic E-state index is 12.1. The first-order valence-electron chi connectivity index (χ1n) is 8.84. The van der Waals surface area contributed by atoms with E-state index in [0.717, 1.165) is 21.8 Å². The Morgan fingerprint density at radius 2 is 2.11 bits per heavy atom. The molecule has 3 rings (SSSR count). The van der Waals surface area contributed by atoms with Crippen LogP contribution in [0.3, 0.4) is 0 Å². The Balaban J connectivity index is 1.57. The quantitative estimate of drug-likeness (QED) is 0.477. The summed E-state index contributed by atoms with van der Waals surface area (Å²) in [6.45, 7) is 5.01. The van der Waals surface area contributed by atoms with Crippen molar-refractivity contribution in [2.75, 3.05) is 5.75 Å². The van der Waals surface area contributed by atoms with E-state index >= 15 is 0 Å². The summed E-state index contributed by atoms with van der Waals surface area (Å²) in [7, 11) is 0. The van der Waals surface area contributed by atoms with Gasteiger partial charge in [0.25, 0.3) is 0 Å². The average molecular weight is 465 g/mol. The summed E-state index contributed by atoms with van der Waals surface area (Å²) in [5.41, 5.74) is 0. The van der Waals surface area contributed by atoms with E-state index in [4.69, 9.17) is 9.15 Å². The number of thioether (sulfide) groups is 1. The van der Waals surface area contributed by atoms with Gasteiger partial charge in [-0.05, 0) is 50.2 Å². The molecule has 0 saturated carbocycles. The van der Waals surface area contributed by atoms with Crippen LogP contribution in [0.1, 0.15) is 31.5 Å². The fourth-order valence-electron chi connectivity index (χ4n) is 2.55. The summed E-state index contributed by atoms with van der Waals surface area (Å²) in [6.07, 6.45) is 1.31. The van der Waals surface area contributed by atoms with Gasteiger partial charge in [0.15, 0.2) is 17.1 Å². The first-order chi connectivity index (χ1) is 13.6. The van der Waals surface area contributed by atoms with Crippen LogP contribution in [0.15, 0.2) is 56.7 Å². The molecular weight excluding hydrogens is 444 g/mol. The van der Waals surface area contributed by atoms with Gasteiger partial charge in [0.05, 0.1) is 18.6 Å². The Morgan fingerprint density at radius 1 is 1.32 bits per heavy atom. The first-order valence-corrected chi connectivity index (χ1v) is 10.6. The second kappa shape index (κ2) is 9.79. The Labute approximate surface area is 176 Å². The van der Waals surface area contributed by atoms with E-state index in [1.807, 2.05) is 48.7 Å². The summed E-state index contributed by atoms with van der Waals surface area (Å²) in [4.78, 5) is 12.1. The molecule has 0 bridgehead atoms. The number of carbonyl (C=O) groups is 1. The van der Waals surface area contributed by atoms with Crippen LogP contribution < -0.4 is 10.1 Å². The number of hydrogen-bond donors (Lipinski definition) is 1. The molecule has 2 aromatic heterocycles. The Morgan fingerprint density at radius 3 is 2.79 bits per heavy atom. The molecule has 0 radical (unpaired) electrons. The summed E-state index contributed by atoms with van der Waals surface area (Å²) < 4.78 is 14.1. The van der Waals surface area contributed by atoms with Gasteiger partial charge in [-0.3, -0.25) is 4.79 Å². The normalized spacial score (nSPS) is 12.0. The van der Waals surface area contributed by atoms with Crippen LogP contribution in [0.2, 0.25) is 0 Å². The van der Waals surface area contributed by atoms with Crippen LogP contribution in [0.5, 0.6) is 5.75 Å². The lowest BCUT2D eigenvalue weighted by molar-refractivity contribution is -0.118. The highest BCUT2D eigenvalue weighted by Gasteiger charge is 2.19. The van der Waals surface area contributed by atoms with E-state index in [2.05, 4.69) is 31.4 Å². The number of nitrogens with zero attached hydrogens (tertiary/aromatic N) is 3. The maximum Gasteiger partial charge on any atom is 0.230 e. The topological polar surface area (TPSA) is 82.2 Å². The molecule has 0 aliphatic carbocycles. The van der Waals surface area contributed by atoms with Crippen LogP contribution in [0, 0.1) is 0 Å². The van der Waals surface area contributed by atoms with E-state index < -0.39 is 0 Å². The SMILES string of the molecule is CCn1c(SCC(=O)NCc2ccco2)nnc1C(C)Oc1ccc(Br)cc1. The van der Waals surface area contributed by atoms with Crippen molar-refractivity contribution in [1.29, 1.82) is 0 Å². The lowest BCUT2D eigenvalue weighted by Gasteiger charge is -2.15. The van der Waals surface area contributed by atoms with E-state index in [9.17, 15) is 4.79 Å². The number of benzene rings is 1. The van der Waals surface area contributed by atoms with Gasteiger partial charge in [-0.1, -0.05) is 27.7 Å². The number of halogens is 1. The van der Waals surface area contributed by atoms with E-state index in [1.54, 1.807) is 12.3 Å². The number of amides is 1. The second-order valence-corrected chi connectivity index (χ2v) is 7.80. The number of rotatable bonds is 9. The van der Waals surface area contributed by atoms with E-state index in [-0.39, 0.29) is 17.8 Å². The molecule has 0 aliphatic rings. The molecular formula is C19H21BrN4O3S. The van der Waals surface area contributed by atoms with Crippen LogP contribution in [-0.4, -0.2) is 26.4 Å². The largest absolute Gasteiger partial charge is 0.483 e. The predicted octanol–water partition coefficient (Wildman–Crippen LogP) is 4.20. The molecule has 9 heteroatoms. The van der Waals surface area contributed by atoms with Crippen molar-refractivity contribution < 1.29 is 13.9 Å². The third kappa shape index (κ3) is 5.39. The number of carbonyl (C=O) groups excluding carboxylic acids is 1. The van der Waals surface area contributed by atoms with Crippen molar-refractivity contribution >= 4 is 33.6 Å². The molecule has 1 N–H and O–H groups in total. The highest BCUT2D eigenvalue weighted by atomic mass is 79.9. The van der Waals surface area contributed by atoms with Crippen molar-refractivity contribution in [3.63, 3.8) is 0 Å². The Hall–Kier alpha value is -2.26. The molecule has 3 aromatic rings. The molecule has 0 spiro atoms. The van der Waals surface area contributed by atoms with Gasteiger partial charge in [-0.15, -0.1) is 10.2 Å². The molecule has 1 unspecified atom stereocenters. The molecule has 0 aliphatic heterocycles. The smallest absolute Gasteiger partial charge is 0.230 e. The monoisotopic (exact) mass is 464 g/mol. The van der Waals surface area contributed by atoms with Crippen molar-refractivity contribution in [2.24, 2.45) is 0 Å². The third-order valence-corrected chi connectivity index (χ3v) is 5.42. The van der Waals surface area contributed by atoms with Gasteiger partial charge in [0.2, 0.25) is 5.91 Å². The van der Waals surface area contributed by atoms with Crippen LogP contribution in [0.25, 0.3) is 0 Å². The van der Waals surface area contributed by atoms with Crippen molar-refractivity contribution in [3.8, 4) is 5.75 Å².